The zero-order valence-electron chi connectivity index (χ0n) is 23.6. The van der Waals surface area contributed by atoms with Gasteiger partial charge in [-0.3, -0.25) is 4.31 Å². The molecular weight excluding hydrogens is 609 g/mol. The smallest absolute Gasteiger partial charge is 0.273 e. The summed E-state index contributed by atoms with van der Waals surface area (Å²) in [6.45, 7) is 6.34. The van der Waals surface area contributed by atoms with E-state index in [2.05, 4.69) is 49.8 Å². The van der Waals surface area contributed by atoms with Gasteiger partial charge in [-0.25, -0.2) is 21.6 Å². The highest BCUT2D eigenvalue weighted by atomic mass is 32.3. The average Bonchev–Trinajstić information content (AvgIpc) is 3.45. The fourth-order valence-electron chi connectivity index (χ4n) is 5.43. The van der Waals surface area contributed by atoms with Crippen molar-refractivity contribution in [3.63, 3.8) is 0 Å². The molecule has 0 radical (unpaired) electrons. The van der Waals surface area contributed by atoms with Crippen LogP contribution in [-0.2, 0) is 24.5 Å². The molecule has 3 aromatic carbocycles. The molecule has 0 amide bonds. The van der Waals surface area contributed by atoms with E-state index in [1.807, 2.05) is 36.4 Å². The van der Waals surface area contributed by atoms with E-state index < -0.39 is 34.5 Å². The molecule has 0 aliphatic carbocycles. The Bertz CT molecular complexity index is 1700. The van der Waals surface area contributed by atoms with Crippen molar-refractivity contribution in [2.45, 2.75) is 40.3 Å². The van der Waals surface area contributed by atoms with E-state index in [0.29, 0.717) is 17.0 Å². The number of thiophene rings is 1. The Morgan fingerprint density at radius 1 is 0.952 bits per heavy atom. The highest BCUT2D eigenvalue weighted by Crippen LogP contribution is 2.39. The summed E-state index contributed by atoms with van der Waals surface area (Å²) in [4.78, 5) is 0. The summed E-state index contributed by atoms with van der Waals surface area (Å²) >= 11 is 0.641. The van der Waals surface area contributed by atoms with Gasteiger partial charge in [-0.2, -0.15) is 0 Å². The fourth-order valence-corrected chi connectivity index (χ4v) is 14.9. The molecule has 0 spiro atoms. The average molecular weight is 643 g/mol. The summed E-state index contributed by atoms with van der Waals surface area (Å²) in [5, 5.41) is 12.3. The maximum absolute atomic E-state index is 14.2. The molecule has 2 N–H and O–H groups in total. The number of β-amino-alcohol motifs (C(OH)–C–C–N with tert-alkyl or cyclic N) is 1. The Hall–Kier alpha value is -2.84. The van der Waals surface area contributed by atoms with Crippen LogP contribution in [0.4, 0.5) is 5.69 Å². The Kier molecular flexibility index (Phi) is 8.51. The van der Waals surface area contributed by atoms with Gasteiger partial charge in [-0.15, -0.1) is 11.3 Å². The van der Waals surface area contributed by atoms with E-state index in [1.165, 1.54) is 10.4 Å². The quantitative estimate of drug-likeness (QED) is 0.269. The van der Waals surface area contributed by atoms with E-state index in [4.69, 9.17) is 4.43 Å². The van der Waals surface area contributed by atoms with Crippen molar-refractivity contribution >= 4 is 55.8 Å². The van der Waals surface area contributed by atoms with Gasteiger partial charge in [0.05, 0.1) is 24.9 Å². The van der Waals surface area contributed by atoms with Gasteiger partial charge in [-0.1, -0.05) is 99.6 Å². The molecule has 1 aliphatic rings. The molecule has 1 unspecified atom stereocenters. The summed E-state index contributed by atoms with van der Waals surface area (Å²) < 4.78 is 63.7. The van der Waals surface area contributed by atoms with Crippen LogP contribution in [0.3, 0.4) is 0 Å². The normalized spacial score (nSPS) is 17.0. The number of nitrogens with one attached hydrogen (secondary N) is 1. The van der Waals surface area contributed by atoms with Crippen LogP contribution in [0.15, 0.2) is 105 Å². The molecular formula is C30H34N2O6S3Si. The lowest BCUT2D eigenvalue weighted by atomic mass is 10.2. The number of anilines is 1. The van der Waals surface area contributed by atoms with Gasteiger partial charge < -0.3 is 9.53 Å². The van der Waals surface area contributed by atoms with Crippen molar-refractivity contribution in [3.05, 3.63) is 103 Å². The first-order valence-corrected chi connectivity index (χ1v) is 19.2. The number of aliphatic hydroxyl groups is 1. The third kappa shape index (κ3) is 5.60. The number of fused-ring (bicyclic) bond motifs is 1. The van der Waals surface area contributed by atoms with Crippen LogP contribution in [0.2, 0.25) is 5.04 Å². The summed E-state index contributed by atoms with van der Waals surface area (Å²) in [6, 6.07) is 30.2. The topological polar surface area (TPSA) is 113 Å². The molecule has 222 valence electrons. The van der Waals surface area contributed by atoms with Gasteiger partial charge in [0, 0.05) is 12.1 Å². The van der Waals surface area contributed by atoms with Crippen molar-refractivity contribution in [2.75, 3.05) is 24.0 Å². The molecule has 42 heavy (non-hydrogen) atoms. The summed E-state index contributed by atoms with van der Waals surface area (Å²) in [7, 11) is -11.1. The van der Waals surface area contributed by atoms with Crippen molar-refractivity contribution in [3.8, 4) is 0 Å². The predicted octanol–water partition coefficient (Wildman–Crippen LogP) is 3.85. The number of hydrogen-bond acceptors (Lipinski definition) is 7. The van der Waals surface area contributed by atoms with E-state index in [-0.39, 0.29) is 38.7 Å². The van der Waals surface area contributed by atoms with Crippen LogP contribution >= 0.6 is 11.3 Å². The number of para-hydroxylation sites is 1. The number of sulfonamides is 2. The minimum absolute atomic E-state index is 0.00698. The van der Waals surface area contributed by atoms with Crippen molar-refractivity contribution < 1.29 is 26.4 Å². The van der Waals surface area contributed by atoms with Crippen LogP contribution in [0.5, 0.6) is 0 Å². The van der Waals surface area contributed by atoms with Gasteiger partial charge in [0.15, 0.2) is 0 Å². The number of hydrogen-bond donors (Lipinski definition) is 2. The van der Waals surface area contributed by atoms with Crippen LogP contribution < -0.4 is 19.4 Å². The molecule has 0 bridgehead atoms. The lowest BCUT2D eigenvalue weighted by Gasteiger charge is -2.43. The molecule has 0 fully saturated rings. The van der Waals surface area contributed by atoms with Gasteiger partial charge in [0.25, 0.3) is 28.4 Å². The van der Waals surface area contributed by atoms with Gasteiger partial charge >= 0.3 is 0 Å². The second-order valence-corrected chi connectivity index (χ2v) is 20.5. The van der Waals surface area contributed by atoms with Crippen molar-refractivity contribution in [1.29, 1.82) is 0 Å². The first-order chi connectivity index (χ1) is 19.9. The maximum atomic E-state index is 14.2. The van der Waals surface area contributed by atoms with Gasteiger partial charge in [0.1, 0.15) is 8.42 Å². The second kappa shape index (κ2) is 11.7. The first-order valence-electron chi connectivity index (χ1n) is 13.5. The predicted molar refractivity (Wildman–Crippen MR) is 169 cm³/mol. The molecule has 12 heteroatoms. The lowest BCUT2D eigenvalue weighted by molar-refractivity contribution is 0.176. The van der Waals surface area contributed by atoms with Crippen LogP contribution in [0.25, 0.3) is 0 Å². The fraction of sp³-hybridized carbons (Fsp3) is 0.267. The van der Waals surface area contributed by atoms with Crippen LogP contribution in [0, 0.1) is 0 Å². The molecule has 1 atom stereocenters. The van der Waals surface area contributed by atoms with E-state index in [0.717, 1.165) is 10.4 Å². The van der Waals surface area contributed by atoms with Gasteiger partial charge in [-0.05, 0) is 33.6 Å². The summed E-state index contributed by atoms with van der Waals surface area (Å²) in [6.07, 6.45) is -1.13. The molecule has 1 aromatic heterocycles. The highest BCUT2D eigenvalue weighted by Gasteiger charge is 2.50. The molecule has 5 rings (SSSR count). The molecule has 4 aromatic rings. The molecule has 8 nitrogen and oxygen atoms in total. The van der Waals surface area contributed by atoms with Crippen LogP contribution in [0.1, 0.15) is 32.4 Å². The van der Waals surface area contributed by atoms with Crippen molar-refractivity contribution in [2.24, 2.45) is 0 Å². The molecule has 1 aliphatic heterocycles. The monoisotopic (exact) mass is 642 g/mol. The standard InChI is InChI=1S/C30H34N2O6S3Si/c1-30(2,3)42(24-15-9-5-10-16-24,25-17-11-6-12-18-25)38-20-19-32(23-13-7-4-8-14-23)41(36,37)28-21-26-27(33)22-31-40(34,35)29(26)39-28/h4-18,21,27,31,33H,19-20,22H2,1-3H3. The highest BCUT2D eigenvalue weighted by molar-refractivity contribution is 7.96. The maximum Gasteiger partial charge on any atom is 0.273 e. The van der Waals surface area contributed by atoms with E-state index in [9.17, 15) is 21.9 Å². The largest absolute Gasteiger partial charge is 0.406 e. The number of rotatable bonds is 9. The number of benzene rings is 3. The Balaban J connectivity index is 1.55. The molecule has 0 saturated carbocycles. The van der Waals surface area contributed by atoms with Crippen molar-refractivity contribution in [1.82, 2.24) is 4.72 Å². The summed E-state index contributed by atoms with van der Waals surface area (Å²) in [5.74, 6) is 0. The summed E-state index contributed by atoms with van der Waals surface area (Å²) in [5.41, 5.74) is 0.519. The zero-order chi connectivity index (χ0) is 30.2. The second-order valence-electron chi connectivity index (χ2n) is 11.1. The third-order valence-corrected chi connectivity index (χ3v) is 17.8. The minimum Gasteiger partial charge on any atom is -0.406 e. The first kappa shape index (κ1) is 30.6. The van der Waals surface area contributed by atoms with Crippen LogP contribution in [-0.4, -0.2) is 50.0 Å². The Labute approximate surface area is 252 Å². The Morgan fingerprint density at radius 2 is 1.48 bits per heavy atom. The Morgan fingerprint density at radius 3 is 1.98 bits per heavy atom. The minimum atomic E-state index is -4.22. The van der Waals surface area contributed by atoms with E-state index in [1.54, 1.807) is 30.3 Å². The van der Waals surface area contributed by atoms with E-state index >= 15 is 0 Å². The number of nitrogens with zero attached hydrogens (tertiary/aromatic N) is 1. The lowest BCUT2D eigenvalue weighted by Crippen LogP contribution is -2.67. The third-order valence-electron chi connectivity index (χ3n) is 7.39. The van der Waals surface area contributed by atoms with Gasteiger partial charge in [0.2, 0.25) is 0 Å². The molecule has 2 heterocycles. The zero-order valence-corrected chi connectivity index (χ0v) is 27.0. The SMILES string of the molecule is CC(C)(C)[Si](OCCN(c1ccccc1)S(=O)(=O)c1cc2c(s1)S(=O)(=O)NCC2O)(c1ccccc1)c1ccccc1. The molecule has 0 saturated heterocycles. The number of aliphatic hydroxyl groups excluding tert-OH is 1.